The molecule has 1 aromatic heterocycles. The van der Waals surface area contributed by atoms with Crippen molar-refractivity contribution in [3.8, 4) is 11.1 Å². The molecule has 0 spiro atoms. The number of hydrogen-bond donors (Lipinski definition) is 2. The van der Waals surface area contributed by atoms with E-state index in [1.54, 1.807) is 0 Å². The molecule has 0 saturated carbocycles. The molecule has 0 unspecified atom stereocenters. The molecule has 26 heavy (non-hydrogen) atoms. The van der Waals surface area contributed by atoms with Crippen LogP contribution < -0.4 is 5.73 Å². The molecule has 6 heteroatoms. The van der Waals surface area contributed by atoms with Crippen LogP contribution in [0.1, 0.15) is 40.2 Å². The number of esters is 1. The first-order valence-electron chi connectivity index (χ1n) is 8.67. The van der Waals surface area contributed by atoms with Crippen molar-refractivity contribution >= 4 is 11.9 Å². The lowest BCUT2D eigenvalue weighted by Crippen LogP contribution is -2.13. The average Bonchev–Trinajstić information content (AvgIpc) is 2.90. The Balaban J connectivity index is 2.65. The normalized spacial score (nSPS) is 10.8. The number of carbonyl (C=O) groups is 2. The van der Waals surface area contributed by atoms with Crippen LogP contribution in [0.15, 0.2) is 24.3 Å². The Labute approximate surface area is 153 Å². The predicted molar refractivity (Wildman–Crippen MR) is 99.9 cm³/mol. The van der Waals surface area contributed by atoms with Crippen molar-refractivity contribution < 1.29 is 19.4 Å². The first kappa shape index (κ1) is 19.7. The molecule has 3 N–H and O–H groups in total. The van der Waals surface area contributed by atoms with Crippen molar-refractivity contribution in [3.05, 3.63) is 46.8 Å². The fraction of sp³-hybridized carbons (Fsp3) is 0.400. The maximum Gasteiger partial charge on any atom is 0.305 e. The van der Waals surface area contributed by atoms with E-state index in [0.29, 0.717) is 24.9 Å². The first-order chi connectivity index (χ1) is 12.4. The van der Waals surface area contributed by atoms with E-state index in [9.17, 15) is 14.7 Å². The summed E-state index contributed by atoms with van der Waals surface area (Å²) in [4.78, 5) is 23.8. The maximum absolute atomic E-state index is 12.2. The summed E-state index contributed by atoms with van der Waals surface area (Å²) >= 11 is 0. The van der Waals surface area contributed by atoms with Crippen LogP contribution in [0.5, 0.6) is 0 Å². The Morgan fingerprint density at radius 2 is 1.85 bits per heavy atom. The average molecular weight is 358 g/mol. The summed E-state index contributed by atoms with van der Waals surface area (Å²) in [5.41, 5.74) is 10.5. The topological polar surface area (TPSA) is 94.5 Å². The number of benzene rings is 1. The number of aliphatic hydroxyl groups is 1. The van der Waals surface area contributed by atoms with Crippen LogP contribution in [-0.4, -0.2) is 35.3 Å². The van der Waals surface area contributed by atoms with Crippen molar-refractivity contribution in [2.45, 2.75) is 39.7 Å². The molecule has 1 amide bonds. The molecule has 1 aromatic carbocycles. The molecule has 0 bridgehead atoms. The van der Waals surface area contributed by atoms with Crippen LogP contribution in [0.4, 0.5) is 0 Å². The van der Waals surface area contributed by atoms with Crippen LogP contribution in [-0.2, 0) is 22.5 Å². The number of aliphatic hydroxyl groups excluding tert-OH is 1. The van der Waals surface area contributed by atoms with Crippen molar-refractivity contribution in [1.82, 2.24) is 4.57 Å². The minimum atomic E-state index is -0.500. The van der Waals surface area contributed by atoms with Gasteiger partial charge >= 0.3 is 5.97 Å². The number of hydrogen-bond acceptors (Lipinski definition) is 4. The number of carbonyl (C=O) groups excluding carboxylic acids is 2. The highest BCUT2D eigenvalue weighted by Crippen LogP contribution is 2.34. The number of primary amides is 1. The second-order valence-corrected chi connectivity index (χ2v) is 6.32. The van der Waals surface area contributed by atoms with Gasteiger partial charge in [0, 0.05) is 30.1 Å². The summed E-state index contributed by atoms with van der Waals surface area (Å²) in [6.45, 7) is 4.43. The molecule has 0 aliphatic rings. The number of nitrogens with two attached hydrogens (primary N) is 1. The number of ether oxygens (including phenoxy) is 1. The van der Waals surface area contributed by atoms with E-state index >= 15 is 0 Å². The molecular formula is C20H26N2O4. The SMILES string of the molecule is COC(=O)CCc1c(-c2ccc(C)cc2)c(C(N)=O)c(C)n1CCCO. The number of rotatable bonds is 8. The van der Waals surface area contributed by atoms with Crippen LogP contribution in [0.3, 0.4) is 0 Å². The van der Waals surface area contributed by atoms with E-state index in [2.05, 4.69) is 0 Å². The summed E-state index contributed by atoms with van der Waals surface area (Å²) in [6, 6.07) is 7.86. The lowest BCUT2D eigenvalue weighted by molar-refractivity contribution is -0.140. The van der Waals surface area contributed by atoms with Gasteiger partial charge in [-0.25, -0.2) is 0 Å². The Morgan fingerprint density at radius 3 is 2.38 bits per heavy atom. The Hall–Kier alpha value is -2.60. The summed E-state index contributed by atoms with van der Waals surface area (Å²) in [5.74, 6) is -0.812. The standard InChI is InChI=1S/C20H26N2O4/c1-13-5-7-15(8-6-13)19-16(9-10-17(24)26-3)22(11-4-12-23)14(2)18(19)20(21)25/h5-8,23H,4,9-12H2,1-3H3,(H2,21,25). The van der Waals surface area contributed by atoms with Gasteiger partial charge in [0.15, 0.2) is 0 Å². The third-order valence-corrected chi connectivity index (χ3v) is 4.55. The van der Waals surface area contributed by atoms with Crippen molar-refractivity contribution in [2.75, 3.05) is 13.7 Å². The molecule has 0 saturated heterocycles. The van der Waals surface area contributed by atoms with Gasteiger partial charge in [-0.2, -0.15) is 0 Å². The van der Waals surface area contributed by atoms with E-state index < -0.39 is 5.91 Å². The molecule has 0 aliphatic carbocycles. The van der Waals surface area contributed by atoms with E-state index in [4.69, 9.17) is 10.5 Å². The molecule has 0 aliphatic heterocycles. The monoisotopic (exact) mass is 358 g/mol. The number of methoxy groups -OCH3 is 1. The summed E-state index contributed by atoms with van der Waals surface area (Å²) in [6.07, 6.45) is 1.18. The zero-order valence-electron chi connectivity index (χ0n) is 15.5. The molecular weight excluding hydrogens is 332 g/mol. The third-order valence-electron chi connectivity index (χ3n) is 4.55. The number of aryl methyl sites for hydroxylation is 1. The molecule has 2 aromatic rings. The van der Waals surface area contributed by atoms with Crippen molar-refractivity contribution in [3.63, 3.8) is 0 Å². The van der Waals surface area contributed by atoms with Gasteiger partial charge in [-0.15, -0.1) is 0 Å². The molecule has 1 heterocycles. The molecule has 6 nitrogen and oxygen atoms in total. The zero-order valence-corrected chi connectivity index (χ0v) is 15.5. The van der Waals surface area contributed by atoms with Crippen LogP contribution in [0, 0.1) is 13.8 Å². The van der Waals surface area contributed by atoms with E-state index in [0.717, 1.165) is 28.1 Å². The molecule has 0 atom stereocenters. The zero-order chi connectivity index (χ0) is 19.3. The highest BCUT2D eigenvalue weighted by molar-refractivity contribution is 6.02. The second-order valence-electron chi connectivity index (χ2n) is 6.32. The van der Waals surface area contributed by atoms with Crippen LogP contribution in [0.25, 0.3) is 11.1 Å². The van der Waals surface area contributed by atoms with Crippen LogP contribution in [0.2, 0.25) is 0 Å². The van der Waals surface area contributed by atoms with Gasteiger partial charge in [0.1, 0.15) is 0 Å². The number of amides is 1. The van der Waals surface area contributed by atoms with Crippen molar-refractivity contribution in [1.29, 1.82) is 0 Å². The highest BCUT2D eigenvalue weighted by atomic mass is 16.5. The predicted octanol–water partition coefficient (Wildman–Crippen LogP) is 2.36. The fourth-order valence-corrected chi connectivity index (χ4v) is 3.24. The third kappa shape index (κ3) is 4.14. The van der Waals surface area contributed by atoms with Gasteiger partial charge in [-0.05, 0) is 32.3 Å². The van der Waals surface area contributed by atoms with Gasteiger partial charge in [0.2, 0.25) is 0 Å². The number of nitrogens with zero attached hydrogens (tertiary/aromatic N) is 1. The molecule has 0 fully saturated rings. The minimum absolute atomic E-state index is 0.0415. The smallest absolute Gasteiger partial charge is 0.305 e. The lowest BCUT2D eigenvalue weighted by Gasteiger charge is -2.12. The molecule has 0 radical (unpaired) electrons. The lowest BCUT2D eigenvalue weighted by atomic mass is 9.97. The highest BCUT2D eigenvalue weighted by Gasteiger charge is 2.25. The van der Waals surface area contributed by atoms with Crippen LogP contribution >= 0.6 is 0 Å². The van der Waals surface area contributed by atoms with Gasteiger partial charge < -0.3 is 20.1 Å². The fourth-order valence-electron chi connectivity index (χ4n) is 3.24. The van der Waals surface area contributed by atoms with Crippen molar-refractivity contribution in [2.24, 2.45) is 5.73 Å². The van der Waals surface area contributed by atoms with Gasteiger partial charge in [-0.1, -0.05) is 29.8 Å². The van der Waals surface area contributed by atoms with E-state index in [1.165, 1.54) is 7.11 Å². The van der Waals surface area contributed by atoms with E-state index in [1.807, 2.05) is 42.7 Å². The number of aromatic nitrogens is 1. The summed E-state index contributed by atoms with van der Waals surface area (Å²) < 4.78 is 6.74. The minimum Gasteiger partial charge on any atom is -0.469 e. The Morgan fingerprint density at radius 1 is 1.19 bits per heavy atom. The summed E-state index contributed by atoms with van der Waals surface area (Å²) in [5, 5.41) is 9.22. The van der Waals surface area contributed by atoms with Gasteiger partial charge in [0.05, 0.1) is 19.1 Å². The Bertz CT molecular complexity index is 791. The quantitative estimate of drug-likeness (QED) is 0.708. The molecule has 2 rings (SSSR count). The van der Waals surface area contributed by atoms with Gasteiger partial charge in [-0.3, -0.25) is 9.59 Å². The van der Waals surface area contributed by atoms with Gasteiger partial charge in [0.25, 0.3) is 5.91 Å². The van der Waals surface area contributed by atoms with E-state index in [-0.39, 0.29) is 19.0 Å². The summed E-state index contributed by atoms with van der Waals surface area (Å²) in [7, 11) is 1.36. The maximum atomic E-state index is 12.2. The second kappa shape index (κ2) is 8.67. The molecule has 140 valence electrons. The largest absolute Gasteiger partial charge is 0.469 e. The Kier molecular flexibility index (Phi) is 6.58. The first-order valence-corrected chi connectivity index (χ1v) is 8.67.